The molecule has 0 bridgehead atoms. The van der Waals surface area contributed by atoms with Gasteiger partial charge in [-0.3, -0.25) is 4.79 Å². The van der Waals surface area contributed by atoms with E-state index in [9.17, 15) is 4.79 Å². The van der Waals surface area contributed by atoms with Gasteiger partial charge < -0.3 is 24.3 Å². The minimum Gasteiger partial charge on any atom is -0.493 e. The van der Waals surface area contributed by atoms with E-state index < -0.39 is 0 Å². The predicted octanol–water partition coefficient (Wildman–Crippen LogP) is 3.34. The number of methoxy groups -OCH3 is 4. The Morgan fingerprint density at radius 3 is 1.58 bits per heavy atom. The van der Waals surface area contributed by atoms with E-state index in [1.54, 1.807) is 28.4 Å². The largest absolute Gasteiger partial charge is 0.493 e. The van der Waals surface area contributed by atoms with Crippen LogP contribution in [0.25, 0.3) is 0 Å². The molecule has 6 heteroatoms. The van der Waals surface area contributed by atoms with Gasteiger partial charge in [-0.15, -0.1) is 0 Å². The summed E-state index contributed by atoms with van der Waals surface area (Å²) in [6.07, 6.45) is 0.386. The molecule has 2 rings (SSSR count). The molecule has 1 N–H and O–H groups in total. The molecule has 0 saturated heterocycles. The van der Waals surface area contributed by atoms with Crippen molar-refractivity contribution in [3.63, 3.8) is 0 Å². The third kappa shape index (κ3) is 4.20. The Hall–Kier alpha value is -2.89. The van der Waals surface area contributed by atoms with Gasteiger partial charge in [0.05, 0.1) is 34.5 Å². The van der Waals surface area contributed by atoms with E-state index in [4.69, 9.17) is 18.9 Å². The average molecular weight is 359 g/mol. The lowest BCUT2D eigenvalue weighted by molar-refractivity contribution is -0.121. The first-order valence-corrected chi connectivity index (χ1v) is 8.31. The van der Waals surface area contributed by atoms with Crippen molar-refractivity contribution >= 4 is 5.91 Å². The summed E-state index contributed by atoms with van der Waals surface area (Å²) in [6.45, 7) is 1.82. The van der Waals surface area contributed by atoms with Crippen molar-refractivity contribution in [1.29, 1.82) is 0 Å². The van der Waals surface area contributed by atoms with Gasteiger partial charge >= 0.3 is 0 Å². The SMILES string of the molecule is CCC(=O)NC(c1ccc(OC)c(OC)c1)c1ccc(OC)c(OC)c1. The van der Waals surface area contributed by atoms with Crippen molar-refractivity contribution in [2.45, 2.75) is 19.4 Å². The van der Waals surface area contributed by atoms with Crippen molar-refractivity contribution in [1.82, 2.24) is 5.32 Å². The quantitative estimate of drug-likeness (QED) is 0.783. The van der Waals surface area contributed by atoms with Gasteiger partial charge in [0, 0.05) is 6.42 Å². The molecule has 0 atom stereocenters. The fraction of sp³-hybridized carbons (Fsp3) is 0.350. The molecule has 0 aromatic heterocycles. The van der Waals surface area contributed by atoms with Gasteiger partial charge in [0.1, 0.15) is 0 Å². The molecule has 0 aliphatic rings. The molecule has 0 heterocycles. The van der Waals surface area contributed by atoms with Gasteiger partial charge in [-0.1, -0.05) is 19.1 Å². The second-order valence-corrected chi connectivity index (χ2v) is 5.58. The lowest BCUT2D eigenvalue weighted by atomic mass is 9.97. The van der Waals surface area contributed by atoms with Crippen molar-refractivity contribution in [3.8, 4) is 23.0 Å². The Balaban J connectivity index is 2.52. The summed E-state index contributed by atoms with van der Waals surface area (Å²) in [5.74, 6) is 2.40. The van der Waals surface area contributed by atoms with E-state index in [2.05, 4.69) is 5.32 Å². The zero-order valence-electron chi connectivity index (χ0n) is 15.8. The normalized spacial score (nSPS) is 10.4. The molecule has 1 amide bonds. The lowest BCUT2D eigenvalue weighted by Gasteiger charge is -2.22. The van der Waals surface area contributed by atoms with Crippen LogP contribution in [0.5, 0.6) is 23.0 Å². The van der Waals surface area contributed by atoms with Gasteiger partial charge in [-0.25, -0.2) is 0 Å². The third-order valence-corrected chi connectivity index (χ3v) is 4.11. The molecule has 0 fully saturated rings. The first-order valence-electron chi connectivity index (χ1n) is 8.31. The molecule has 6 nitrogen and oxygen atoms in total. The standard InChI is InChI=1S/C20H25NO5/c1-6-19(22)21-20(13-7-9-15(23-2)17(11-13)25-4)14-8-10-16(24-3)18(12-14)26-5/h7-12,20H,6H2,1-5H3,(H,21,22). The highest BCUT2D eigenvalue weighted by molar-refractivity contribution is 5.76. The van der Waals surface area contributed by atoms with Crippen LogP contribution in [0.4, 0.5) is 0 Å². The Morgan fingerprint density at radius 2 is 1.23 bits per heavy atom. The number of hydrogen-bond acceptors (Lipinski definition) is 5. The van der Waals surface area contributed by atoms with Gasteiger partial charge in [0.2, 0.25) is 5.91 Å². The highest BCUT2D eigenvalue weighted by Crippen LogP contribution is 2.35. The average Bonchev–Trinajstić information content (AvgIpc) is 2.70. The van der Waals surface area contributed by atoms with Crippen LogP contribution in [0.2, 0.25) is 0 Å². The molecule has 26 heavy (non-hydrogen) atoms. The minimum absolute atomic E-state index is 0.0560. The van der Waals surface area contributed by atoms with Crippen molar-refractivity contribution < 1.29 is 23.7 Å². The molecule has 0 unspecified atom stereocenters. The Bertz CT molecular complexity index is 704. The van der Waals surface area contributed by atoms with E-state index in [-0.39, 0.29) is 11.9 Å². The van der Waals surface area contributed by atoms with E-state index in [1.807, 2.05) is 43.3 Å². The van der Waals surface area contributed by atoms with Crippen LogP contribution in [-0.4, -0.2) is 34.3 Å². The van der Waals surface area contributed by atoms with Crippen molar-refractivity contribution in [2.24, 2.45) is 0 Å². The number of rotatable bonds is 8. The summed E-state index contributed by atoms with van der Waals surface area (Å²) in [5.41, 5.74) is 1.74. The first kappa shape index (κ1) is 19.4. The van der Waals surface area contributed by atoms with Gasteiger partial charge in [0.15, 0.2) is 23.0 Å². The molecular weight excluding hydrogens is 334 g/mol. The summed E-state index contributed by atoms with van der Waals surface area (Å²) < 4.78 is 21.4. The maximum absolute atomic E-state index is 12.1. The molecule has 0 aliphatic heterocycles. The predicted molar refractivity (Wildman–Crippen MR) is 99.4 cm³/mol. The molecule has 0 saturated carbocycles. The van der Waals surface area contributed by atoms with Gasteiger partial charge in [-0.2, -0.15) is 0 Å². The number of hydrogen-bond donors (Lipinski definition) is 1. The topological polar surface area (TPSA) is 66.0 Å². The third-order valence-electron chi connectivity index (χ3n) is 4.11. The molecule has 2 aromatic rings. The van der Waals surface area contributed by atoms with Crippen molar-refractivity contribution in [3.05, 3.63) is 47.5 Å². The maximum atomic E-state index is 12.1. The number of carbonyl (C=O) groups is 1. The summed E-state index contributed by atoms with van der Waals surface area (Å²) in [5, 5.41) is 3.05. The van der Waals surface area contributed by atoms with Gasteiger partial charge in [-0.05, 0) is 35.4 Å². The Labute approximate surface area is 154 Å². The highest BCUT2D eigenvalue weighted by atomic mass is 16.5. The van der Waals surface area contributed by atoms with Crippen LogP contribution in [0.3, 0.4) is 0 Å². The van der Waals surface area contributed by atoms with E-state index in [1.165, 1.54) is 0 Å². The summed E-state index contributed by atoms with van der Waals surface area (Å²) in [4.78, 5) is 12.1. The number of benzene rings is 2. The van der Waals surface area contributed by atoms with Crippen LogP contribution in [0.1, 0.15) is 30.5 Å². The maximum Gasteiger partial charge on any atom is 0.220 e. The van der Waals surface area contributed by atoms with Crippen LogP contribution in [0.15, 0.2) is 36.4 Å². The molecule has 140 valence electrons. The smallest absolute Gasteiger partial charge is 0.220 e. The second-order valence-electron chi connectivity index (χ2n) is 5.58. The minimum atomic E-state index is -0.359. The zero-order chi connectivity index (χ0) is 19.1. The Kier molecular flexibility index (Phi) is 6.72. The van der Waals surface area contributed by atoms with Crippen LogP contribution in [-0.2, 0) is 4.79 Å². The number of nitrogens with one attached hydrogen (secondary N) is 1. The van der Waals surface area contributed by atoms with E-state index >= 15 is 0 Å². The van der Waals surface area contributed by atoms with E-state index in [0.717, 1.165) is 11.1 Å². The van der Waals surface area contributed by atoms with E-state index in [0.29, 0.717) is 29.4 Å². The van der Waals surface area contributed by atoms with Crippen LogP contribution >= 0.6 is 0 Å². The summed E-state index contributed by atoms with van der Waals surface area (Å²) in [7, 11) is 6.33. The molecular formula is C20H25NO5. The van der Waals surface area contributed by atoms with Crippen LogP contribution < -0.4 is 24.3 Å². The van der Waals surface area contributed by atoms with Crippen LogP contribution in [0, 0.1) is 0 Å². The number of amides is 1. The van der Waals surface area contributed by atoms with Crippen molar-refractivity contribution in [2.75, 3.05) is 28.4 Å². The molecule has 0 radical (unpaired) electrons. The zero-order valence-corrected chi connectivity index (χ0v) is 15.8. The lowest BCUT2D eigenvalue weighted by Crippen LogP contribution is -2.28. The Morgan fingerprint density at radius 1 is 0.808 bits per heavy atom. The number of carbonyl (C=O) groups excluding carboxylic acids is 1. The fourth-order valence-corrected chi connectivity index (χ4v) is 2.69. The highest BCUT2D eigenvalue weighted by Gasteiger charge is 2.20. The fourth-order valence-electron chi connectivity index (χ4n) is 2.69. The second kappa shape index (κ2) is 8.99. The first-order chi connectivity index (χ1) is 12.6. The monoisotopic (exact) mass is 359 g/mol. The van der Waals surface area contributed by atoms with Gasteiger partial charge in [0.25, 0.3) is 0 Å². The molecule has 2 aromatic carbocycles. The number of ether oxygens (including phenoxy) is 4. The summed E-state index contributed by atoms with van der Waals surface area (Å²) >= 11 is 0. The molecule has 0 spiro atoms. The summed E-state index contributed by atoms with van der Waals surface area (Å²) in [6, 6.07) is 10.8. The molecule has 0 aliphatic carbocycles.